The number of hydrogen-bond acceptors (Lipinski definition) is 4. The molecule has 0 radical (unpaired) electrons. The van der Waals surface area contributed by atoms with Gasteiger partial charge in [-0.25, -0.2) is 9.48 Å². The fourth-order valence-electron chi connectivity index (χ4n) is 2.58. The maximum absolute atomic E-state index is 13.2. The lowest BCUT2D eigenvalue weighted by Crippen LogP contribution is -2.08. The first-order valence-electron chi connectivity index (χ1n) is 7.86. The van der Waals surface area contributed by atoms with E-state index in [0.717, 1.165) is 23.4 Å². The van der Waals surface area contributed by atoms with Crippen molar-refractivity contribution < 1.29 is 27.8 Å². The third kappa shape index (κ3) is 3.64. The number of phenols is 1. The zero-order chi connectivity index (χ0) is 19.8. The molecule has 1 aromatic heterocycles. The number of aryl methyl sites for hydroxylation is 1. The molecule has 27 heavy (non-hydrogen) atoms. The smallest absolute Gasteiger partial charge is 0.435 e. The maximum Gasteiger partial charge on any atom is 0.435 e. The molecule has 3 aromatic rings. The number of nitrogens with zero attached hydrogens (tertiary/aromatic N) is 2. The summed E-state index contributed by atoms with van der Waals surface area (Å²) in [6.07, 6.45) is -4.63. The van der Waals surface area contributed by atoms with Crippen LogP contribution in [0.25, 0.3) is 16.9 Å². The van der Waals surface area contributed by atoms with Gasteiger partial charge in [0.1, 0.15) is 11.3 Å². The predicted molar refractivity (Wildman–Crippen MR) is 91.7 cm³/mol. The van der Waals surface area contributed by atoms with Crippen molar-refractivity contribution in [3.63, 3.8) is 0 Å². The minimum Gasteiger partial charge on any atom is -0.507 e. The Hall–Kier alpha value is -3.29. The Morgan fingerprint density at radius 3 is 2.37 bits per heavy atom. The van der Waals surface area contributed by atoms with Gasteiger partial charge in [-0.2, -0.15) is 18.3 Å². The quantitative estimate of drug-likeness (QED) is 0.690. The number of aromatic nitrogens is 2. The number of carbonyl (C=O) groups is 1. The second-order valence-electron chi connectivity index (χ2n) is 5.88. The molecule has 1 N–H and O–H groups in total. The van der Waals surface area contributed by atoms with Crippen LogP contribution in [-0.2, 0) is 10.9 Å². The van der Waals surface area contributed by atoms with E-state index in [1.54, 1.807) is 24.3 Å². The highest BCUT2D eigenvalue weighted by Gasteiger charge is 2.35. The molecule has 0 bridgehead atoms. The average Bonchev–Trinajstić information content (AvgIpc) is 3.08. The molecule has 0 saturated heterocycles. The number of halogens is 3. The van der Waals surface area contributed by atoms with E-state index in [0.29, 0.717) is 5.56 Å². The van der Waals surface area contributed by atoms with Crippen LogP contribution in [0.2, 0.25) is 0 Å². The van der Waals surface area contributed by atoms with E-state index >= 15 is 0 Å². The predicted octanol–water partition coefficient (Wildman–Crippen LogP) is 4.36. The summed E-state index contributed by atoms with van der Waals surface area (Å²) in [6.45, 7) is 1.87. The van der Waals surface area contributed by atoms with Crippen LogP contribution >= 0.6 is 0 Å². The molecule has 0 unspecified atom stereocenters. The van der Waals surface area contributed by atoms with Crippen LogP contribution in [0, 0.1) is 6.92 Å². The van der Waals surface area contributed by atoms with Gasteiger partial charge in [-0.15, -0.1) is 0 Å². The number of hydrogen-bond donors (Lipinski definition) is 1. The lowest BCUT2D eigenvalue weighted by atomic mass is 10.1. The molecule has 5 nitrogen and oxygen atoms in total. The van der Waals surface area contributed by atoms with Gasteiger partial charge < -0.3 is 9.84 Å². The number of methoxy groups -OCH3 is 1. The van der Waals surface area contributed by atoms with E-state index in [2.05, 4.69) is 9.84 Å². The number of esters is 1. The van der Waals surface area contributed by atoms with E-state index in [9.17, 15) is 23.1 Å². The molecular formula is C19H15F3N2O3. The van der Waals surface area contributed by atoms with Gasteiger partial charge in [-0.1, -0.05) is 29.8 Å². The number of alkyl halides is 3. The Labute approximate surface area is 152 Å². The van der Waals surface area contributed by atoms with Crippen molar-refractivity contribution in [2.75, 3.05) is 7.11 Å². The lowest BCUT2D eigenvalue weighted by Gasteiger charge is -2.10. The fraction of sp³-hybridized carbons (Fsp3) is 0.158. The summed E-state index contributed by atoms with van der Waals surface area (Å²) < 4.78 is 45.3. The highest BCUT2D eigenvalue weighted by Crippen LogP contribution is 2.34. The van der Waals surface area contributed by atoms with Gasteiger partial charge in [-0.05, 0) is 31.2 Å². The number of aromatic hydroxyl groups is 1. The van der Waals surface area contributed by atoms with Gasteiger partial charge in [0.15, 0.2) is 5.69 Å². The molecule has 0 aliphatic heterocycles. The lowest BCUT2D eigenvalue weighted by molar-refractivity contribution is -0.141. The number of ether oxygens (including phenoxy) is 1. The van der Waals surface area contributed by atoms with Gasteiger partial charge in [0.25, 0.3) is 0 Å². The van der Waals surface area contributed by atoms with E-state index in [1.807, 2.05) is 6.92 Å². The molecule has 2 aromatic carbocycles. The molecule has 8 heteroatoms. The van der Waals surface area contributed by atoms with Gasteiger partial charge in [-0.3, -0.25) is 0 Å². The Morgan fingerprint density at radius 1 is 1.11 bits per heavy atom. The normalized spacial score (nSPS) is 11.4. The van der Waals surface area contributed by atoms with E-state index in [-0.39, 0.29) is 22.7 Å². The molecule has 0 atom stereocenters. The van der Waals surface area contributed by atoms with E-state index < -0.39 is 17.8 Å². The highest BCUT2D eigenvalue weighted by atomic mass is 19.4. The first-order valence-corrected chi connectivity index (χ1v) is 7.86. The maximum atomic E-state index is 13.2. The van der Waals surface area contributed by atoms with Crippen LogP contribution in [0.5, 0.6) is 5.75 Å². The number of carbonyl (C=O) groups excluding carboxylic acids is 1. The third-order valence-corrected chi connectivity index (χ3v) is 3.98. The van der Waals surface area contributed by atoms with Crippen molar-refractivity contribution >= 4 is 5.97 Å². The van der Waals surface area contributed by atoms with Crippen LogP contribution in [0.3, 0.4) is 0 Å². The van der Waals surface area contributed by atoms with Crippen molar-refractivity contribution in [1.29, 1.82) is 0 Å². The number of benzene rings is 2. The van der Waals surface area contributed by atoms with E-state index in [4.69, 9.17) is 0 Å². The molecule has 0 spiro atoms. The van der Waals surface area contributed by atoms with Gasteiger partial charge in [0.05, 0.1) is 18.5 Å². The monoisotopic (exact) mass is 376 g/mol. The third-order valence-electron chi connectivity index (χ3n) is 3.98. The molecule has 0 saturated carbocycles. The largest absolute Gasteiger partial charge is 0.507 e. The first-order chi connectivity index (χ1) is 12.7. The minimum absolute atomic E-state index is 0.172. The summed E-state index contributed by atoms with van der Waals surface area (Å²) in [5, 5.41) is 13.5. The Kier molecular flexibility index (Phi) is 4.65. The molecule has 0 aliphatic rings. The fourth-order valence-corrected chi connectivity index (χ4v) is 2.58. The SMILES string of the molecule is COC(=O)c1cc(-n2nc(C(F)(F)F)cc2-c2ccc(C)cc2)ccc1O. The molecule has 0 fully saturated rings. The van der Waals surface area contributed by atoms with Gasteiger partial charge in [0.2, 0.25) is 0 Å². The van der Waals surface area contributed by atoms with Crippen LogP contribution in [0.15, 0.2) is 48.5 Å². The second-order valence-corrected chi connectivity index (χ2v) is 5.88. The molecule has 140 valence electrons. The highest BCUT2D eigenvalue weighted by molar-refractivity contribution is 5.93. The van der Waals surface area contributed by atoms with Crippen LogP contribution < -0.4 is 0 Å². The number of phenolic OH excluding ortho intramolecular Hbond substituents is 1. The molecule has 0 aliphatic carbocycles. The number of rotatable bonds is 3. The average molecular weight is 376 g/mol. The van der Waals surface area contributed by atoms with Crippen LogP contribution in [0.4, 0.5) is 13.2 Å². The molecule has 0 amide bonds. The van der Waals surface area contributed by atoms with Crippen molar-refractivity contribution in [3.8, 4) is 22.7 Å². The standard InChI is InChI=1S/C19H15F3N2O3/c1-11-3-5-12(6-4-11)15-10-17(19(20,21)22)23-24(15)13-7-8-16(25)14(9-13)18(26)27-2/h3-10,25H,1-2H3. The van der Waals surface area contributed by atoms with Gasteiger partial charge >= 0.3 is 12.1 Å². The topological polar surface area (TPSA) is 64.4 Å². The molecular weight excluding hydrogens is 361 g/mol. The summed E-state index contributed by atoms with van der Waals surface area (Å²) in [6, 6.07) is 11.7. The molecule has 1 heterocycles. The van der Waals surface area contributed by atoms with Crippen molar-refractivity contribution in [1.82, 2.24) is 9.78 Å². The summed E-state index contributed by atoms with van der Waals surface area (Å²) >= 11 is 0. The summed E-state index contributed by atoms with van der Waals surface area (Å²) in [7, 11) is 1.14. The van der Waals surface area contributed by atoms with Crippen molar-refractivity contribution in [3.05, 3.63) is 65.4 Å². The molecule has 3 rings (SSSR count). The van der Waals surface area contributed by atoms with E-state index in [1.165, 1.54) is 18.2 Å². The minimum atomic E-state index is -4.63. The first kappa shape index (κ1) is 18.5. The summed E-state index contributed by atoms with van der Waals surface area (Å²) in [5.74, 6) is -1.15. The Bertz CT molecular complexity index is 992. The zero-order valence-corrected chi connectivity index (χ0v) is 14.4. The van der Waals surface area contributed by atoms with Crippen molar-refractivity contribution in [2.45, 2.75) is 13.1 Å². The second kappa shape index (κ2) is 6.79. The Morgan fingerprint density at radius 2 is 1.78 bits per heavy atom. The van der Waals surface area contributed by atoms with Crippen LogP contribution in [0.1, 0.15) is 21.6 Å². The van der Waals surface area contributed by atoms with Crippen LogP contribution in [-0.4, -0.2) is 28.0 Å². The van der Waals surface area contributed by atoms with Crippen molar-refractivity contribution in [2.24, 2.45) is 0 Å². The summed E-state index contributed by atoms with van der Waals surface area (Å²) in [5.41, 5.74) is 0.623. The van der Waals surface area contributed by atoms with Gasteiger partial charge in [0, 0.05) is 5.56 Å². The Balaban J connectivity index is 2.21. The summed E-state index contributed by atoms with van der Waals surface area (Å²) in [4.78, 5) is 11.8. The zero-order valence-electron chi connectivity index (χ0n) is 14.4.